The predicted molar refractivity (Wildman–Crippen MR) is 109 cm³/mol. The number of nitrogens with one attached hydrogen (secondary N) is 1. The first-order chi connectivity index (χ1) is 13.7. The molecule has 2 aromatic carbocycles. The third-order valence-corrected chi connectivity index (χ3v) is 5.31. The molecule has 0 saturated carbocycles. The van der Waals surface area contributed by atoms with Crippen molar-refractivity contribution >= 4 is 5.91 Å². The summed E-state index contributed by atoms with van der Waals surface area (Å²) >= 11 is 0. The van der Waals surface area contributed by atoms with Gasteiger partial charge >= 0.3 is 0 Å². The topological polar surface area (TPSA) is 56.8 Å². The van der Waals surface area contributed by atoms with Gasteiger partial charge in [-0.2, -0.15) is 0 Å². The van der Waals surface area contributed by atoms with Gasteiger partial charge in [0.25, 0.3) is 5.91 Å². The third kappa shape index (κ3) is 4.65. The van der Waals surface area contributed by atoms with E-state index in [1.807, 2.05) is 25.1 Å². The van der Waals surface area contributed by atoms with E-state index >= 15 is 0 Å². The van der Waals surface area contributed by atoms with Crippen LogP contribution in [0.25, 0.3) is 0 Å². The maximum atomic E-state index is 12.8. The fourth-order valence-corrected chi connectivity index (χ4v) is 3.61. The monoisotopic (exact) mass is 383 g/mol. The van der Waals surface area contributed by atoms with Crippen molar-refractivity contribution in [3.05, 3.63) is 59.7 Å². The molecule has 1 heterocycles. The third-order valence-electron chi connectivity index (χ3n) is 5.31. The van der Waals surface area contributed by atoms with E-state index in [0.29, 0.717) is 43.4 Å². The summed E-state index contributed by atoms with van der Waals surface area (Å²) in [5.74, 6) is 1.12. The SMILES string of the molecule is CCCOc1ccc(C(=O)NCC2(c3ccccc3)CCOCC2)cc1OC. The van der Waals surface area contributed by atoms with Crippen LogP contribution < -0.4 is 14.8 Å². The Morgan fingerprint density at radius 3 is 2.54 bits per heavy atom. The molecule has 1 aliphatic heterocycles. The summed E-state index contributed by atoms with van der Waals surface area (Å²) in [6, 6.07) is 15.7. The summed E-state index contributed by atoms with van der Waals surface area (Å²) in [5, 5.41) is 3.13. The Labute approximate surface area is 167 Å². The van der Waals surface area contributed by atoms with E-state index in [0.717, 1.165) is 19.3 Å². The lowest BCUT2D eigenvalue weighted by molar-refractivity contribution is 0.0487. The summed E-state index contributed by atoms with van der Waals surface area (Å²) in [6.07, 6.45) is 2.70. The number of amides is 1. The van der Waals surface area contributed by atoms with Crippen LogP contribution in [-0.2, 0) is 10.2 Å². The first-order valence-corrected chi connectivity index (χ1v) is 9.91. The van der Waals surface area contributed by atoms with Crippen LogP contribution in [0.3, 0.4) is 0 Å². The second kappa shape index (κ2) is 9.60. The van der Waals surface area contributed by atoms with Crippen molar-refractivity contribution in [2.24, 2.45) is 0 Å². The van der Waals surface area contributed by atoms with Crippen LogP contribution in [0.4, 0.5) is 0 Å². The molecule has 1 amide bonds. The number of carbonyl (C=O) groups excluding carboxylic acids is 1. The van der Waals surface area contributed by atoms with Gasteiger partial charge in [0.15, 0.2) is 11.5 Å². The van der Waals surface area contributed by atoms with Gasteiger partial charge in [-0.25, -0.2) is 0 Å². The molecule has 28 heavy (non-hydrogen) atoms. The summed E-state index contributed by atoms with van der Waals surface area (Å²) in [7, 11) is 1.59. The highest BCUT2D eigenvalue weighted by atomic mass is 16.5. The second-order valence-electron chi connectivity index (χ2n) is 7.16. The van der Waals surface area contributed by atoms with Crippen molar-refractivity contribution in [1.82, 2.24) is 5.32 Å². The van der Waals surface area contributed by atoms with Crippen LogP contribution in [0.15, 0.2) is 48.5 Å². The Morgan fingerprint density at radius 1 is 1.11 bits per heavy atom. The predicted octanol–water partition coefficient (Wildman–Crippen LogP) is 3.96. The van der Waals surface area contributed by atoms with E-state index in [1.165, 1.54) is 5.56 Å². The Morgan fingerprint density at radius 2 is 1.86 bits per heavy atom. The average Bonchev–Trinajstić information content (AvgIpc) is 2.77. The summed E-state index contributed by atoms with van der Waals surface area (Å²) in [5.41, 5.74) is 1.72. The molecule has 5 heteroatoms. The van der Waals surface area contributed by atoms with Crippen LogP contribution in [0.2, 0.25) is 0 Å². The zero-order valence-electron chi connectivity index (χ0n) is 16.7. The van der Waals surface area contributed by atoms with Crippen LogP contribution in [0.1, 0.15) is 42.1 Å². The molecule has 0 aromatic heterocycles. The molecule has 0 radical (unpaired) electrons. The smallest absolute Gasteiger partial charge is 0.251 e. The summed E-state index contributed by atoms with van der Waals surface area (Å²) < 4.78 is 16.6. The lowest BCUT2D eigenvalue weighted by atomic mass is 9.74. The number of ether oxygens (including phenoxy) is 3. The molecule has 0 atom stereocenters. The molecular formula is C23H29NO4. The van der Waals surface area contributed by atoms with Gasteiger partial charge in [-0.05, 0) is 43.0 Å². The minimum absolute atomic E-state index is 0.0938. The van der Waals surface area contributed by atoms with E-state index in [2.05, 4.69) is 17.4 Å². The first kappa shape index (κ1) is 20.2. The van der Waals surface area contributed by atoms with Gasteiger partial charge in [-0.3, -0.25) is 4.79 Å². The van der Waals surface area contributed by atoms with Gasteiger partial charge in [0.1, 0.15) is 0 Å². The molecule has 3 rings (SSSR count). The van der Waals surface area contributed by atoms with Crippen molar-refractivity contribution in [3.63, 3.8) is 0 Å². The van der Waals surface area contributed by atoms with Crippen molar-refractivity contribution < 1.29 is 19.0 Å². The van der Waals surface area contributed by atoms with E-state index in [4.69, 9.17) is 14.2 Å². The molecule has 0 aliphatic carbocycles. The fourth-order valence-electron chi connectivity index (χ4n) is 3.61. The molecule has 1 aliphatic rings. The van der Waals surface area contributed by atoms with Crippen molar-refractivity contribution in [1.29, 1.82) is 0 Å². The molecular weight excluding hydrogens is 354 g/mol. The molecule has 2 aromatic rings. The van der Waals surface area contributed by atoms with Crippen LogP contribution in [0, 0.1) is 0 Å². The summed E-state index contributed by atoms with van der Waals surface area (Å²) in [6.45, 7) is 4.66. The van der Waals surface area contributed by atoms with Gasteiger partial charge in [-0.15, -0.1) is 0 Å². The highest BCUT2D eigenvalue weighted by Gasteiger charge is 2.34. The van der Waals surface area contributed by atoms with Crippen LogP contribution in [0.5, 0.6) is 11.5 Å². The molecule has 150 valence electrons. The molecule has 1 N–H and O–H groups in total. The number of methoxy groups -OCH3 is 1. The standard InChI is InChI=1S/C23H29NO4/c1-3-13-28-20-10-9-18(16-21(20)26-2)22(25)24-17-23(11-14-27-15-12-23)19-7-5-4-6-8-19/h4-10,16H,3,11-15,17H2,1-2H3,(H,24,25). The number of benzene rings is 2. The lowest BCUT2D eigenvalue weighted by Gasteiger charge is -2.38. The molecule has 1 fully saturated rings. The molecule has 1 saturated heterocycles. The lowest BCUT2D eigenvalue weighted by Crippen LogP contribution is -2.44. The van der Waals surface area contributed by atoms with Gasteiger partial charge in [0, 0.05) is 30.7 Å². The molecule has 0 spiro atoms. The number of hydrogen-bond donors (Lipinski definition) is 1. The van der Waals surface area contributed by atoms with Crippen LogP contribution in [-0.4, -0.2) is 39.4 Å². The Hall–Kier alpha value is -2.53. The van der Waals surface area contributed by atoms with E-state index in [9.17, 15) is 4.79 Å². The summed E-state index contributed by atoms with van der Waals surface area (Å²) in [4.78, 5) is 12.8. The first-order valence-electron chi connectivity index (χ1n) is 9.91. The average molecular weight is 383 g/mol. The van der Waals surface area contributed by atoms with Gasteiger partial charge in [-0.1, -0.05) is 37.3 Å². The van der Waals surface area contributed by atoms with Crippen molar-refractivity contribution in [2.75, 3.05) is 33.5 Å². The fraction of sp³-hybridized carbons (Fsp3) is 0.435. The highest BCUT2D eigenvalue weighted by molar-refractivity contribution is 5.95. The Kier molecular flexibility index (Phi) is 6.93. The maximum Gasteiger partial charge on any atom is 0.251 e. The minimum Gasteiger partial charge on any atom is -0.493 e. The van der Waals surface area contributed by atoms with E-state index in [1.54, 1.807) is 25.3 Å². The van der Waals surface area contributed by atoms with Gasteiger partial charge in [0.05, 0.1) is 13.7 Å². The molecule has 0 bridgehead atoms. The largest absolute Gasteiger partial charge is 0.493 e. The zero-order valence-corrected chi connectivity index (χ0v) is 16.7. The molecule has 5 nitrogen and oxygen atoms in total. The quantitative estimate of drug-likeness (QED) is 0.750. The maximum absolute atomic E-state index is 12.8. The highest BCUT2D eigenvalue weighted by Crippen LogP contribution is 2.34. The van der Waals surface area contributed by atoms with Gasteiger partial charge < -0.3 is 19.5 Å². The zero-order chi connectivity index (χ0) is 19.8. The Bertz CT molecular complexity index is 769. The van der Waals surface area contributed by atoms with E-state index in [-0.39, 0.29) is 11.3 Å². The molecule has 0 unspecified atom stereocenters. The normalized spacial score (nSPS) is 15.6. The van der Waals surface area contributed by atoms with Gasteiger partial charge in [0.2, 0.25) is 0 Å². The second-order valence-corrected chi connectivity index (χ2v) is 7.16. The van der Waals surface area contributed by atoms with E-state index < -0.39 is 0 Å². The van der Waals surface area contributed by atoms with Crippen molar-refractivity contribution in [2.45, 2.75) is 31.6 Å². The Balaban J connectivity index is 1.73. The number of hydrogen-bond acceptors (Lipinski definition) is 4. The number of carbonyl (C=O) groups is 1. The van der Waals surface area contributed by atoms with Crippen LogP contribution >= 0.6 is 0 Å². The minimum atomic E-state index is -0.109. The number of rotatable bonds is 8. The van der Waals surface area contributed by atoms with Crippen molar-refractivity contribution in [3.8, 4) is 11.5 Å².